The zero-order valence-corrected chi connectivity index (χ0v) is 12.1. The summed E-state index contributed by atoms with van der Waals surface area (Å²) in [4.78, 5) is 13.8. The van der Waals surface area contributed by atoms with E-state index in [1.54, 1.807) is 0 Å². The number of hydrogen-bond donors (Lipinski definition) is 1. The monoisotopic (exact) mass is 256 g/mol. The second kappa shape index (κ2) is 6.98. The Morgan fingerprint density at radius 2 is 1.67 bits per heavy atom. The van der Waals surface area contributed by atoms with Crippen LogP contribution in [0.5, 0.6) is 0 Å². The van der Waals surface area contributed by atoms with Gasteiger partial charge in [0, 0.05) is 19.5 Å². The molecule has 18 heavy (non-hydrogen) atoms. The summed E-state index contributed by atoms with van der Waals surface area (Å²) in [7, 11) is 0. The predicted octanol–water partition coefficient (Wildman–Crippen LogP) is 3.11. The lowest BCUT2D eigenvalue weighted by molar-refractivity contribution is 0.0452. The molecule has 0 aromatic rings. The summed E-state index contributed by atoms with van der Waals surface area (Å²) < 4.78 is 5.33. The Kier molecular flexibility index (Phi) is 5.93. The minimum atomic E-state index is -0.497. The Labute approximate surface area is 111 Å². The molecule has 0 saturated carbocycles. The number of rotatable bonds is 2. The molecule has 0 aromatic carbocycles. The van der Waals surface area contributed by atoms with Crippen molar-refractivity contribution in [3.63, 3.8) is 0 Å². The van der Waals surface area contributed by atoms with Crippen LogP contribution in [0.3, 0.4) is 0 Å². The number of amides is 1. The highest BCUT2D eigenvalue weighted by Crippen LogP contribution is 2.21. The van der Waals surface area contributed by atoms with Crippen LogP contribution < -0.4 is 5.73 Å². The molecule has 0 unspecified atom stereocenters. The summed E-state index contributed by atoms with van der Waals surface area (Å²) in [5.74, 6) is 0. The maximum Gasteiger partial charge on any atom is 0.411 e. The van der Waals surface area contributed by atoms with E-state index in [-0.39, 0.29) is 11.5 Å². The molecule has 1 aliphatic heterocycles. The average molecular weight is 256 g/mol. The van der Waals surface area contributed by atoms with Gasteiger partial charge >= 0.3 is 6.09 Å². The number of hydrogen-bond acceptors (Lipinski definition) is 3. The van der Waals surface area contributed by atoms with E-state index in [0.717, 1.165) is 25.9 Å². The summed E-state index contributed by atoms with van der Waals surface area (Å²) in [5, 5.41) is 0. The van der Waals surface area contributed by atoms with Gasteiger partial charge in [0.2, 0.25) is 0 Å². The van der Waals surface area contributed by atoms with E-state index >= 15 is 0 Å². The molecule has 1 saturated heterocycles. The first kappa shape index (κ1) is 15.3. The zero-order valence-electron chi connectivity index (χ0n) is 12.1. The zero-order chi connectivity index (χ0) is 13.6. The van der Waals surface area contributed by atoms with Gasteiger partial charge in [-0.25, -0.2) is 4.79 Å². The summed E-state index contributed by atoms with van der Waals surface area (Å²) >= 11 is 0. The van der Waals surface area contributed by atoms with Gasteiger partial charge in [0.1, 0.15) is 0 Å². The predicted molar refractivity (Wildman–Crippen MR) is 73.2 cm³/mol. The second-order valence-electron chi connectivity index (χ2n) is 6.44. The first-order valence-corrected chi connectivity index (χ1v) is 7.10. The smallest absolute Gasteiger partial charge is 0.411 e. The fraction of sp³-hybridized carbons (Fsp3) is 0.929. The molecule has 1 fully saturated rings. The van der Waals surface area contributed by atoms with Gasteiger partial charge in [-0.1, -0.05) is 40.0 Å². The maximum absolute atomic E-state index is 12.0. The molecule has 1 rings (SSSR count). The minimum absolute atomic E-state index is 0.0793. The van der Waals surface area contributed by atoms with Gasteiger partial charge in [0.15, 0.2) is 6.23 Å². The second-order valence-corrected chi connectivity index (χ2v) is 6.44. The molecule has 4 nitrogen and oxygen atoms in total. The van der Waals surface area contributed by atoms with E-state index < -0.39 is 6.23 Å². The van der Waals surface area contributed by atoms with Crippen molar-refractivity contribution in [2.45, 2.75) is 65.5 Å². The molecule has 0 bridgehead atoms. The number of nitrogens with two attached hydrogens (primary N) is 1. The summed E-state index contributed by atoms with van der Waals surface area (Å²) in [6.07, 6.45) is 5.79. The average Bonchev–Trinajstić information content (AvgIpc) is 2.12. The molecule has 2 N–H and O–H groups in total. The van der Waals surface area contributed by atoms with E-state index in [2.05, 4.69) is 20.8 Å². The quantitative estimate of drug-likeness (QED) is 0.772. The van der Waals surface area contributed by atoms with Gasteiger partial charge < -0.3 is 9.64 Å². The molecule has 4 heteroatoms. The van der Waals surface area contributed by atoms with Crippen LogP contribution in [0.25, 0.3) is 0 Å². The molecule has 1 atom stereocenters. The lowest BCUT2D eigenvalue weighted by atomic mass is 9.91. The molecule has 1 amide bonds. The minimum Gasteiger partial charge on any atom is -0.431 e. The first-order valence-electron chi connectivity index (χ1n) is 7.10. The largest absolute Gasteiger partial charge is 0.431 e. The lowest BCUT2D eigenvalue weighted by Crippen LogP contribution is -2.40. The number of nitrogens with zero attached hydrogens (tertiary/aromatic N) is 1. The Balaban J connectivity index is 2.37. The molecule has 0 radical (unpaired) electrons. The van der Waals surface area contributed by atoms with Gasteiger partial charge in [-0.05, 0) is 18.3 Å². The van der Waals surface area contributed by atoms with Gasteiger partial charge in [-0.3, -0.25) is 5.73 Å². The Hall–Kier alpha value is -0.770. The van der Waals surface area contributed by atoms with E-state index in [9.17, 15) is 4.79 Å². The molecule has 0 spiro atoms. The van der Waals surface area contributed by atoms with E-state index in [0.29, 0.717) is 6.42 Å². The van der Waals surface area contributed by atoms with Crippen LogP contribution in [-0.4, -0.2) is 30.3 Å². The molecule has 1 aliphatic rings. The highest BCUT2D eigenvalue weighted by atomic mass is 16.6. The van der Waals surface area contributed by atoms with Crippen molar-refractivity contribution in [1.29, 1.82) is 0 Å². The van der Waals surface area contributed by atoms with Crippen LogP contribution in [0.2, 0.25) is 0 Å². The number of ether oxygens (including phenoxy) is 1. The number of carbonyl (C=O) groups is 1. The molecular formula is C14H28N2O2. The van der Waals surface area contributed by atoms with Crippen LogP contribution in [-0.2, 0) is 4.74 Å². The SMILES string of the molecule is CC(C)(C)C[C@@H](N)OC(=O)N1CCCCCCC1. The first-order chi connectivity index (χ1) is 8.38. The van der Waals surface area contributed by atoms with Crippen molar-refractivity contribution in [3.05, 3.63) is 0 Å². The van der Waals surface area contributed by atoms with Crippen molar-refractivity contribution in [2.24, 2.45) is 11.1 Å². The van der Waals surface area contributed by atoms with Gasteiger partial charge in [-0.2, -0.15) is 0 Å². The van der Waals surface area contributed by atoms with Crippen molar-refractivity contribution < 1.29 is 9.53 Å². The van der Waals surface area contributed by atoms with Crippen LogP contribution in [0.15, 0.2) is 0 Å². The standard InChI is InChI=1S/C14H28N2O2/c1-14(2,3)11-12(15)18-13(17)16-9-7-5-4-6-8-10-16/h12H,4-11,15H2,1-3H3/t12-/m0/s1. The fourth-order valence-corrected chi connectivity index (χ4v) is 2.28. The summed E-state index contributed by atoms with van der Waals surface area (Å²) in [5.41, 5.74) is 5.95. The Bertz CT molecular complexity index is 253. The normalized spacial score (nSPS) is 19.9. The van der Waals surface area contributed by atoms with Crippen LogP contribution >= 0.6 is 0 Å². The van der Waals surface area contributed by atoms with Crippen molar-refractivity contribution in [3.8, 4) is 0 Å². The number of likely N-dealkylation sites (tertiary alicyclic amines) is 1. The van der Waals surface area contributed by atoms with Crippen molar-refractivity contribution in [1.82, 2.24) is 4.90 Å². The van der Waals surface area contributed by atoms with Gasteiger partial charge in [-0.15, -0.1) is 0 Å². The number of carbonyl (C=O) groups excluding carboxylic acids is 1. The molecule has 0 aliphatic carbocycles. The van der Waals surface area contributed by atoms with Gasteiger partial charge in [0.25, 0.3) is 0 Å². The Morgan fingerprint density at radius 3 is 2.17 bits per heavy atom. The van der Waals surface area contributed by atoms with E-state index in [1.165, 1.54) is 19.3 Å². The third-order valence-electron chi connectivity index (χ3n) is 3.18. The third-order valence-corrected chi connectivity index (χ3v) is 3.18. The molecule has 0 aromatic heterocycles. The molecule has 1 heterocycles. The van der Waals surface area contributed by atoms with Crippen molar-refractivity contribution >= 4 is 6.09 Å². The van der Waals surface area contributed by atoms with Gasteiger partial charge in [0.05, 0.1) is 0 Å². The highest BCUT2D eigenvalue weighted by molar-refractivity contribution is 5.67. The topological polar surface area (TPSA) is 55.6 Å². The van der Waals surface area contributed by atoms with E-state index in [4.69, 9.17) is 10.5 Å². The lowest BCUT2D eigenvalue weighted by Gasteiger charge is -2.28. The summed E-state index contributed by atoms with van der Waals surface area (Å²) in [6, 6.07) is 0. The third kappa shape index (κ3) is 6.24. The molecular weight excluding hydrogens is 228 g/mol. The van der Waals surface area contributed by atoms with Crippen LogP contribution in [0.4, 0.5) is 4.79 Å². The molecule has 106 valence electrons. The van der Waals surface area contributed by atoms with Crippen LogP contribution in [0, 0.1) is 5.41 Å². The maximum atomic E-state index is 12.0. The van der Waals surface area contributed by atoms with Crippen LogP contribution in [0.1, 0.15) is 59.3 Å². The fourth-order valence-electron chi connectivity index (χ4n) is 2.28. The van der Waals surface area contributed by atoms with E-state index in [1.807, 2.05) is 4.90 Å². The highest BCUT2D eigenvalue weighted by Gasteiger charge is 2.22. The Morgan fingerprint density at radius 1 is 1.17 bits per heavy atom. The summed E-state index contributed by atoms with van der Waals surface area (Å²) in [6.45, 7) is 7.90. The van der Waals surface area contributed by atoms with Crippen molar-refractivity contribution in [2.75, 3.05) is 13.1 Å².